The van der Waals surface area contributed by atoms with Gasteiger partial charge in [-0.1, -0.05) is 0 Å². The van der Waals surface area contributed by atoms with Crippen molar-refractivity contribution in [2.24, 2.45) is 5.73 Å². The Morgan fingerprint density at radius 2 is 2.33 bits per heavy atom. The number of anilines is 1. The first-order chi connectivity index (χ1) is 8.58. The number of carbonyl (C=O) groups excluding carboxylic acids is 1. The number of nitrogens with two attached hydrogens (primary N) is 1. The molecule has 0 bridgehead atoms. The SMILES string of the molecule is CC(Nc1cc(C(N)=O)ccc1F)c1nccs1. The molecule has 0 radical (unpaired) electrons. The number of primary amides is 1. The number of hydrogen-bond donors (Lipinski definition) is 2. The second kappa shape index (κ2) is 5.14. The van der Waals surface area contributed by atoms with E-state index < -0.39 is 11.7 Å². The minimum atomic E-state index is -0.583. The highest BCUT2D eigenvalue weighted by molar-refractivity contribution is 7.09. The molecule has 1 heterocycles. The van der Waals surface area contributed by atoms with Gasteiger partial charge in [-0.2, -0.15) is 0 Å². The quantitative estimate of drug-likeness (QED) is 0.892. The van der Waals surface area contributed by atoms with Gasteiger partial charge in [-0.3, -0.25) is 4.79 Å². The van der Waals surface area contributed by atoms with Gasteiger partial charge >= 0.3 is 0 Å². The topological polar surface area (TPSA) is 68.0 Å². The third-order valence-corrected chi connectivity index (χ3v) is 3.40. The molecule has 1 aromatic heterocycles. The van der Waals surface area contributed by atoms with E-state index in [0.717, 1.165) is 5.01 Å². The molecular formula is C12H12FN3OS. The van der Waals surface area contributed by atoms with Gasteiger partial charge in [0, 0.05) is 17.1 Å². The molecule has 94 valence electrons. The van der Waals surface area contributed by atoms with Crippen LogP contribution in [0, 0.1) is 5.82 Å². The van der Waals surface area contributed by atoms with E-state index >= 15 is 0 Å². The van der Waals surface area contributed by atoms with Crippen LogP contribution in [0.1, 0.15) is 28.3 Å². The van der Waals surface area contributed by atoms with Gasteiger partial charge in [0.1, 0.15) is 10.8 Å². The highest BCUT2D eigenvalue weighted by Crippen LogP contribution is 2.23. The third kappa shape index (κ3) is 2.65. The number of hydrogen-bond acceptors (Lipinski definition) is 4. The van der Waals surface area contributed by atoms with Crippen LogP contribution in [-0.2, 0) is 0 Å². The second-order valence-corrected chi connectivity index (χ2v) is 4.72. The van der Waals surface area contributed by atoms with Gasteiger partial charge in [-0.15, -0.1) is 11.3 Å². The number of benzene rings is 1. The number of nitrogens with one attached hydrogen (secondary N) is 1. The number of nitrogens with zero attached hydrogens (tertiary/aromatic N) is 1. The number of halogens is 1. The molecule has 1 aromatic carbocycles. The maximum Gasteiger partial charge on any atom is 0.248 e. The molecule has 18 heavy (non-hydrogen) atoms. The van der Waals surface area contributed by atoms with Crippen molar-refractivity contribution in [3.63, 3.8) is 0 Å². The predicted octanol–water partition coefficient (Wildman–Crippen LogP) is 2.55. The van der Waals surface area contributed by atoms with Gasteiger partial charge in [0.2, 0.25) is 5.91 Å². The highest BCUT2D eigenvalue weighted by atomic mass is 32.1. The van der Waals surface area contributed by atoms with Crippen LogP contribution < -0.4 is 11.1 Å². The van der Waals surface area contributed by atoms with Crippen molar-refractivity contribution in [2.75, 3.05) is 5.32 Å². The molecule has 0 saturated heterocycles. The number of carbonyl (C=O) groups is 1. The lowest BCUT2D eigenvalue weighted by Crippen LogP contribution is -2.13. The molecule has 4 nitrogen and oxygen atoms in total. The summed E-state index contributed by atoms with van der Waals surface area (Å²) in [6.45, 7) is 1.87. The molecule has 2 rings (SSSR count). The Hall–Kier alpha value is -1.95. The fourth-order valence-corrected chi connectivity index (χ4v) is 2.18. The van der Waals surface area contributed by atoms with Crippen LogP contribution in [0.4, 0.5) is 10.1 Å². The fourth-order valence-electron chi connectivity index (χ4n) is 1.53. The van der Waals surface area contributed by atoms with Crippen LogP contribution in [0.3, 0.4) is 0 Å². The van der Waals surface area contributed by atoms with E-state index in [9.17, 15) is 9.18 Å². The lowest BCUT2D eigenvalue weighted by atomic mass is 10.1. The average molecular weight is 265 g/mol. The Labute approximate surface area is 108 Å². The van der Waals surface area contributed by atoms with E-state index in [2.05, 4.69) is 10.3 Å². The lowest BCUT2D eigenvalue weighted by molar-refractivity contribution is 0.100. The zero-order chi connectivity index (χ0) is 13.1. The first-order valence-corrected chi connectivity index (χ1v) is 6.21. The van der Waals surface area contributed by atoms with E-state index in [1.54, 1.807) is 6.20 Å². The Morgan fingerprint density at radius 3 is 2.94 bits per heavy atom. The Morgan fingerprint density at radius 1 is 1.56 bits per heavy atom. The zero-order valence-corrected chi connectivity index (χ0v) is 10.5. The minimum absolute atomic E-state index is 0.136. The van der Waals surface area contributed by atoms with Gasteiger partial charge in [-0.25, -0.2) is 9.37 Å². The molecular weight excluding hydrogens is 253 g/mol. The smallest absolute Gasteiger partial charge is 0.248 e. The van der Waals surface area contributed by atoms with Gasteiger partial charge in [0.05, 0.1) is 11.7 Å². The molecule has 2 aromatic rings. The normalized spacial score (nSPS) is 12.1. The first kappa shape index (κ1) is 12.5. The molecule has 0 aliphatic carbocycles. The molecule has 1 atom stereocenters. The lowest BCUT2D eigenvalue weighted by Gasteiger charge is -2.14. The van der Waals surface area contributed by atoms with E-state index in [1.807, 2.05) is 12.3 Å². The van der Waals surface area contributed by atoms with Crippen molar-refractivity contribution in [3.8, 4) is 0 Å². The van der Waals surface area contributed by atoms with Crippen LogP contribution in [0.15, 0.2) is 29.8 Å². The monoisotopic (exact) mass is 265 g/mol. The third-order valence-electron chi connectivity index (χ3n) is 2.44. The number of rotatable bonds is 4. The van der Waals surface area contributed by atoms with E-state index in [1.165, 1.54) is 29.5 Å². The van der Waals surface area contributed by atoms with E-state index in [0.29, 0.717) is 0 Å². The molecule has 0 aliphatic heterocycles. The van der Waals surface area contributed by atoms with Crippen LogP contribution in [0.2, 0.25) is 0 Å². The molecule has 0 fully saturated rings. The largest absolute Gasteiger partial charge is 0.374 e. The van der Waals surface area contributed by atoms with Crippen LogP contribution in [0.5, 0.6) is 0 Å². The standard InChI is InChI=1S/C12H12FN3OS/c1-7(12-15-4-5-18-12)16-10-6-8(11(14)17)2-3-9(10)13/h2-7,16H,1H3,(H2,14,17). The summed E-state index contributed by atoms with van der Waals surface area (Å²) in [6.07, 6.45) is 1.69. The molecule has 0 aliphatic rings. The van der Waals surface area contributed by atoms with Crippen molar-refractivity contribution in [2.45, 2.75) is 13.0 Å². The summed E-state index contributed by atoms with van der Waals surface area (Å²) in [4.78, 5) is 15.2. The summed E-state index contributed by atoms with van der Waals surface area (Å²) in [7, 11) is 0. The first-order valence-electron chi connectivity index (χ1n) is 5.33. The predicted molar refractivity (Wildman–Crippen MR) is 69.1 cm³/mol. The van der Waals surface area contributed by atoms with Gasteiger partial charge in [0.25, 0.3) is 0 Å². The molecule has 0 spiro atoms. The van der Waals surface area contributed by atoms with Crippen LogP contribution in [-0.4, -0.2) is 10.9 Å². The van der Waals surface area contributed by atoms with E-state index in [4.69, 9.17) is 5.73 Å². The number of thiazole rings is 1. The van der Waals surface area contributed by atoms with Crippen molar-refractivity contribution in [1.29, 1.82) is 0 Å². The number of amides is 1. The summed E-state index contributed by atoms with van der Waals surface area (Å²) < 4.78 is 13.6. The zero-order valence-electron chi connectivity index (χ0n) is 9.68. The van der Waals surface area contributed by atoms with Gasteiger partial charge in [-0.05, 0) is 25.1 Å². The molecule has 6 heteroatoms. The summed E-state index contributed by atoms with van der Waals surface area (Å²) in [5, 5.41) is 5.67. The Balaban J connectivity index is 2.23. The number of aromatic nitrogens is 1. The van der Waals surface area contributed by atoms with Crippen molar-refractivity contribution < 1.29 is 9.18 Å². The maximum absolute atomic E-state index is 13.6. The molecule has 1 amide bonds. The van der Waals surface area contributed by atoms with E-state index in [-0.39, 0.29) is 17.3 Å². The van der Waals surface area contributed by atoms with Gasteiger partial charge < -0.3 is 11.1 Å². The average Bonchev–Trinajstić information content (AvgIpc) is 2.85. The van der Waals surface area contributed by atoms with Crippen molar-refractivity contribution in [3.05, 3.63) is 46.2 Å². The highest BCUT2D eigenvalue weighted by Gasteiger charge is 2.12. The molecule has 0 saturated carbocycles. The maximum atomic E-state index is 13.6. The second-order valence-electron chi connectivity index (χ2n) is 3.80. The summed E-state index contributed by atoms with van der Waals surface area (Å²) >= 11 is 1.48. The molecule has 3 N–H and O–H groups in total. The van der Waals surface area contributed by atoms with Crippen LogP contribution in [0.25, 0.3) is 0 Å². The molecule has 1 unspecified atom stereocenters. The Kier molecular flexibility index (Phi) is 3.57. The fraction of sp³-hybridized carbons (Fsp3) is 0.167. The Bertz CT molecular complexity index is 556. The summed E-state index contributed by atoms with van der Waals surface area (Å²) in [5.41, 5.74) is 5.67. The van der Waals surface area contributed by atoms with Crippen molar-refractivity contribution in [1.82, 2.24) is 4.98 Å². The van der Waals surface area contributed by atoms with Crippen LogP contribution >= 0.6 is 11.3 Å². The van der Waals surface area contributed by atoms with Crippen molar-refractivity contribution >= 4 is 22.9 Å². The summed E-state index contributed by atoms with van der Waals surface area (Å²) in [6, 6.07) is 3.85. The minimum Gasteiger partial charge on any atom is -0.374 e. The summed E-state index contributed by atoms with van der Waals surface area (Å²) in [5.74, 6) is -1.01. The van der Waals surface area contributed by atoms with Gasteiger partial charge in [0.15, 0.2) is 0 Å².